The Morgan fingerprint density at radius 3 is 2.67 bits per heavy atom. The van der Waals surface area contributed by atoms with E-state index in [1.807, 2.05) is 0 Å². The molecular formula is C18H20N4O4S. The first-order valence-electron chi connectivity index (χ1n) is 8.43. The number of carbonyl (C=O) groups is 2. The molecule has 1 N–H and O–H groups in total. The largest absolute Gasteiger partial charge is 0.356 e. The fourth-order valence-corrected chi connectivity index (χ4v) is 4.72. The zero-order chi connectivity index (χ0) is 19.6. The highest BCUT2D eigenvalue weighted by Gasteiger charge is 2.31. The quantitative estimate of drug-likeness (QED) is 0.774. The Morgan fingerprint density at radius 1 is 1.22 bits per heavy atom. The van der Waals surface area contributed by atoms with Gasteiger partial charge in [-0.3, -0.25) is 9.59 Å². The van der Waals surface area contributed by atoms with Gasteiger partial charge in [0.2, 0.25) is 0 Å². The standard InChI is InChI=1S/C18H20N4O4S/c1-12(23)13-4-3-5-14(8-13)21-18(24)16-9-17(20-11-19-16)22(2)15-6-7-27(25,26)10-15/h3-5,8-9,11,15H,6-7,10H2,1-2H3,(H,21,24). The van der Waals surface area contributed by atoms with Crippen molar-refractivity contribution in [3.05, 3.63) is 47.9 Å². The van der Waals surface area contributed by atoms with Crippen molar-refractivity contribution in [2.75, 3.05) is 28.8 Å². The van der Waals surface area contributed by atoms with E-state index in [-0.39, 0.29) is 29.0 Å². The van der Waals surface area contributed by atoms with Crippen molar-refractivity contribution in [1.82, 2.24) is 9.97 Å². The van der Waals surface area contributed by atoms with Crippen LogP contribution in [0.4, 0.5) is 11.5 Å². The van der Waals surface area contributed by atoms with Crippen LogP contribution in [0.1, 0.15) is 34.2 Å². The maximum Gasteiger partial charge on any atom is 0.274 e. The van der Waals surface area contributed by atoms with Crippen molar-refractivity contribution in [3.8, 4) is 0 Å². The predicted octanol–water partition coefficient (Wildman–Crippen LogP) is 1.55. The Kier molecular flexibility index (Phi) is 5.22. The van der Waals surface area contributed by atoms with E-state index in [1.54, 1.807) is 36.2 Å². The van der Waals surface area contributed by atoms with Gasteiger partial charge in [0.15, 0.2) is 15.6 Å². The van der Waals surface area contributed by atoms with E-state index >= 15 is 0 Å². The van der Waals surface area contributed by atoms with E-state index < -0.39 is 15.7 Å². The Morgan fingerprint density at radius 2 is 2.00 bits per heavy atom. The number of aromatic nitrogens is 2. The minimum absolute atomic E-state index is 0.0763. The lowest BCUT2D eigenvalue weighted by molar-refractivity contribution is 0.100. The third-order valence-electron chi connectivity index (χ3n) is 4.53. The van der Waals surface area contributed by atoms with Crippen molar-refractivity contribution < 1.29 is 18.0 Å². The smallest absolute Gasteiger partial charge is 0.274 e. The van der Waals surface area contributed by atoms with E-state index in [0.29, 0.717) is 23.5 Å². The molecule has 1 amide bonds. The second-order valence-electron chi connectivity index (χ2n) is 6.52. The highest BCUT2D eigenvalue weighted by Crippen LogP contribution is 2.22. The second kappa shape index (κ2) is 7.43. The summed E-state index contributed by atoms with van der Waals surface area (Å²) in [5, 5.41) is 2.71. The third-order valence-corrected chi connectivity index (χ3v) is 6.28. The van der Waals surface area contributed by atoms with E-state index in [4.69, 9.17) is 0 Å². The summed E-state index contributed by atoms with van der Waals surface area (Å²) in [6.07, 6.45) is 1.80. The van der Waals surface area contributed by atoms with Crippen molar-refractivity contribution in [3.63, 3.8) is 0 Å². The summed E-state index contributed by atoms with van der Waals surface area (Å²) in [5.74, 6) is 0.185. The zero-order valence-electron chi connectivity index (χ0n) is 15.0. The maximum atomic E-state index is 12.5. The first kappa shape index (κ1) is 19.0. The lowest BCUT2D eigenvalue weighted by Gasteiger charge is -2.24. The molecule has 2 heterocycles. The number of amides is 1. The average Bonchev–Trinajstić information content (AvgIpc) is 3.01. The summed E-state index contributed by atoms with van der Waals surface area (Å²) >= 11 is 0. The number of Topliss-reactive ketones (excluding diaryl/α,β-unsaturated/α-hetero) is 1. The summed E-state index contributed by atoms with van der Waals surface area (Å²) in [5.41, 5.74) is 1.14. The molecule has 0 spiro atoms. The van der Waals surface area contributed by atoms with Crippen LogP contribution < -0.4 is 10.2 Å². The van der Waals surface area contributed by atoms with Crippen molar-refractivity contribution >= 4 is 33.0 Å². The number of hydrogen-bond acceptors (Lipinski definition) is 7. The number of sulfone groups is 1. The molecule has 0 radical (unpaired) electrons. The SMILES string of the molecule is CC(=O)c1cccc(NC(=O)c2cc(N(C)C3CCS(=O)(=O)C3)ncn2)c1. The number of ketones is 1. The summed E-state index contributed by atoms with van der Waals surface area (Å²) in [4.78, 5) is 33.9. The fourth-order valence-electron chi connectivity index (χ4n) is 2.94. The molecule has 1 fully saturated rings. The number of hydrogen-bond donors (Lipinski definition) is 1. The van der Waals surface area contributed by atoms with Crippen LogP contribution in [-0.4, -0.2) is 54.7 Å². The molecule has 0 bridgehead atoms. The first-order chi connectivity index (χ1) is 12.7. The third kappa shape index (κ3) is 4.48. The van der Waals surface area contributed by atoms with E-state index in [9.17, 15) is 18.0 Å². The van der Waals surface area contributed by atoms with Crippen LogP contribution in [0.5, 0.6) is 0 Å². The van der Waals surface area contributed by atoms with E-state index in [0.717, 1.165) is 0 Å². The zero-order valence-corrected chi connectivity index (χ0v) is 15.9. The van der Waals surface area contributed by atoms with Gasteiger partial charge in [0.1, 0.15) is 17.8 Å². The number of nitrogens with one attached hydrogen (secondary N) is 1. The van der Waals surface area contributed by atoms with Gasteiger partial charge in [-0.15, -0.1) is 0 Å². The Bertz CT molecular complexity index is 990. The normalized spacial score (nSPS) is 18.1. The van der Waals surface area contributed by atoms with E-state index in [1.165, 1.54) is 19.3 Å². The van der Waals surface area contributed by atoms with Gasteiger partial charge in [0.25, 0.3) is 5.91 Å². The minimum Gasteiger partial charge on any atom is -0.356 e. The van der Waals surface area contributed by atoms with Crippen LogP contribution in [-0.2, 0) is 9.84 Å². The fraction of sp³-hybridized carbons (Fsp3) is 0.333. The monoisotopic (exact) mass is 388 g/mol. The average molecular weight is 388 g/mol. The summed E-state index contributed by atoms with van der Waals surface area (Å²) in [6, 6.07) is 7.99. The number of benzene rings is 1. The molecule has 9 heteroatoms. The molecule has 1 unspecified atom stereocenters. The maximum absolute atomic E-state index is 12.5. The van der Waals surface area contributed by atoms with Gasteiger partial charge in [0, 0.05) is 30.4 Å². The van der Waals surface area contributed by atoms with Gasteiger partial charge in [-0.25, -0.2) is 18.4 Å². The van der Waals surface area contributed by atoms with Crippen molar-refractivity contribution in [1.29, 1.82) is 0 Å². The predicted molar refractivity (Wildman–Crippen MR) is 102 cm³/mol. The highest BCUT2D eigenvalue weighted by molar-refractivity contribution is 7.91. The lowest BCUT2D eigenvalue weighted by Crippen LogP contribution is -2.33. The van der Waals surface area contributed by atoms with Gasteiger partial charge in [-0.05, 0) is 25.5 Å². The van der Waals surface area contributed by atoms with Gasteiger partial charge in [0.05, 0.1) is 11.5 Å². The summed E-state index contributed by atoms with van der Waals surface area (Å²) < 4.78 is 23.4. The Labute approximate surface area is 157 Å². The van der Waals surface area contributed by atoms with Gasteiger partial charge in [-0.1, -0.05) is 12.1 Å². The molecule has 1 atom stereocenters. The van der Waals surface area contributed by atoms with Crippen LogP contribution in [0.2, 0.25) is 0 Å². The second-order valence-corrected chi connectivity index (χ2v) is 8.75. The topological polar surface area (TPSA) is 109 Å². The molecule has 0 saturated carbocycles. The van der Waals surface area contributed by atoms with Crippen LogP contribution >= 0.6 is 0 Å². The highest BCUT2D eigenvalue weighted by atomic mass is 32.2. The molecule has 3 rings (SSSR count). The van der Waals surface area contributed by atoms with E-state index in [2.05, 4.69) is 15.3 Å². The van der Waals surface area contributed by atoms with Crippen LogP contribution in [0, 0.1) is 0 Å². The van der Waals surface area contributed by atoms with Gasteiger partial charge >= 0.3 is 0 Å². The van der Waals surface area contributed by atoms with Gasteiger partial charge < -0.3 is 10.2 Å². The number of rotatable bonds is 5. The molecule has 8 nitrogen and oxygen atoms in total. The van der Waals surface area contributed by atoms with Crippen molar-refractivity contribution in [2.24, 2.45) is 0 Å². The number of nitrogens with zero attached hydrogens (tertiary/aromatic N) is 3. The molecule has 1 aliphatic rings. The first-order valence-corrected chi connectivity index (χ1v) is 10.2. The number of anilines is 2. The molecule has 2 aromatic rings. The van der Waals surface area contributed by atoms with Crippen LogP contribution in [0.25, 0.3) is 0 Å². The Balaban J connectivity index is 1.76. The molecular weight excluding hydrogens is 368 g/mol. The molecule has 1 aliphatic heterocycles. The van der Waals surface area contributed by atoms with Crippen LogP contribution in [0.15, 0.2) is 36.7 Å². The molecule has 1 aromatic carbocycles. The lowest BCUT2D eigenvalue weighted by atomic mass is 10.1. The molecule has 1 aromatic heterocycles. The van der Waals surface area contributed by atoms with Crippen LogP contribution in [0.3, 0.4) is 0 Å². The summed E-state index contributed by atoms with van der Waals surface area (Å²) in [6.45, 7) is 1.46. The molecule has 142 valence electrons. The number of carbonyl (C=O) groups excluding carboxylic acids is 2. The minimum atomic E-state index is -3.02. The summed E-state index contributed by atoms with van der Waals surface area (Å²) in [7, 11) is -1.26. The molecule has 0 aliphatic carbocycles. The van der Waals surface area contributed by atoms with Gasteiger partial charge in [-0.2, -0.15) is 0 Å². The van der Waals surface area contributed by atoms with Crippen molar-refractivity contribution in [2.45, 2.75) is 19.4 Å². The molecule has 1 saturated heterocycles. The molecule has 27 heavy (non-hydrogen) atoms. The Hall–Kier alpha value is -2.81.